The number of fused-ring (bicyclic) bond motifs is 1. The number of nitrogens with zero attached hydrogens (tertiary/aromatic N) is 2. The third kappa shape index (κ3) is 4.89. The molecule has 5 nitrogen and oxygen atoms in total. The highest BCUT2D eigenvalue weighted by atomic mass is 16.5. The van der Waals surface area contributed by atoms with Gasteiger partial charge in [-0.2, -0.15) is 0 Å². The predicted molar refractivity (Wildman–Crippen MR) is 128 cm³/mol. The first kappa shape index (κ1) is 21.4. The smallest absolute Gasteiger partial charge is 0.267 e. The Kier molecular flexibility index (Phi) is 6.66. The summed E-state index contributed by atoms with van der Waals surface area (Å²) in [6, 6.07) is 22.0. The van der Waals surface area contributed by atoms with Gasteiger partial charge >= 0.3 is 0 Å². The van der Waals surface area contributed by atoms with E-state index in [1.165, 1.54) is 5.56 Å². The predicted octanol–water partition coefficient (Wildman–Crippen LogP) is 4.93. The second-order valence-corrected chi connectivity index (χ2v) is 7.72. The first-order valence-electron chi connectivity index (χ1n) is 10.8. The summed E-state index contributed by atoms with van der Waals surface area (Å²) in [5, 5.41) is 3.96. The first-order chi connectivity index (χ1) is 15.7. The van der Waals surface area contributed by atoms with E-state index in [1.54, 1.807) is 12.3 Å². The highest BCUT2D eigenvalue weighted by molar-refractivity contribution is 6.00. The van der Waals surface area contributed by atoms with Gasteiger partial charge in [0.2, 0.25) is 0 Å². The lowest BCUT2D eigenvalue weighted by atomic mass is 10.1. The average Bonchev–Trinajstić information content (AvgIpc) is 3.19. The fourth-order valence-electron chi connectivity index (χ4n) is 3.71. The molecular weight excluding hydrogens is 398 g/mol. The number of carbonyl (C=O) groups is 1. The Morgan fingerprint density at radius 3 is 2.72 bits per heavy atom. The number of hydrogen-bond acceptors (Lipinski definition) is 3. The highest BCUT2D eigenvalue weighted by Crippen LogP contribution is 2.30. The number of rotatable bonds is 9. The molecule has 4 rings (SSSR count). The summed E-state index contributed by atoms with van der Waals surface area (Å²) in [6.45, 7) is 7.32. The quantitative estimate of drug-likeness (QED) is 0.387. The van der Waals surface area contributed by atoms with E-state index < -0.39 is 0 Å². The third-order valence-electron chi connectivity index (χ3n) is 5.35. The van der Waals surface area contributed by atoms with E-state index in [9.17, 15) is 4.79 Å². The molecule has 0 fully saturated rings. The molecule has 0 aliphatic carbocycles. The zero-order valence-corrected chi connectivity index (χ0v) is 18.3. The number of benzene rings is 2. The van der Waals surface area contributed by atoms with E-state index in [0.717, 1.165) is 27.9 Å². The summed E-state index contributed by atoms with van der Waals surface area (Å²) in [5.74, 6) is 0.631. The van der Waals surface area contributed by atoms with Gasteiger partial charge in [0, 0.05) is 36.8 Å². The zero-order valence-electron chi connectivity index (χ0n) is 18.3. The Bertz CT molecular complexity index is 1210. The molecule has 1 amide bonds. The molecule has 2 aromatic carbocycles. The van der Waals surface area contributed by atoms with Gasteiger partial charge < -0.3 is 14.6 Å². The van der Waals surface area contributed by atoms with Gasteiger partial charge in [-0.15, -0.1) is 0 Å². The lowest BCUT2D eigenvalue weighted by molar-refractivity contribution is 0.0945. The molecule has 0 atom stereocenters. The molecule has 4 aromatic rings. The molecule has 0 saturated carbocycles. The third-order valence-corrected chi connectivity index (χ3v) is 5.35. The molecule has 2 aromatic heterocycles. The van der Waals surface area contributed by atoms with Crippen molar-refractivity contribution < 1.29 is 9.53 Å². The van der Waals surface area contributed by atoms with E-state index in [2.05, 4.69) is 52.6 Å². The second kappa shape index (κ2) is 9.96. The van der Waals surface area contributed by atoms with Crippen LogP contribution in [-0.2, 0) is 13.0 Å². The van der Waals surface area contributed by atoms with Crippen LogP contribution in [0.15, 0.2) is 85.6 Å². The van der Waals surface area contributed by atoms with Gasteiger partial charge in [0.25, 0.3) is 5.91 Å². The Balaban J connectivity index is 1.64. The van der Waals surface area contributed by atoms with Crippen LogP contribution in [0, 0.1) is 6.92 Å². The van der Waals surface area contributed by atoms with E-state index in [1.807, 2.05) is 42.5 Å². The summed E-state index contributed by atoms with van der Waals surface area (Å²) in [6.07, 6.45) is 4.16. The highest BCUT2D eigenvalue weighted by Gasteiger charge is 2.18. The van der Waals surface area contributed by atoms with E-state index >= 15 is 0 Å². The van der Waals surface area contributed by atoms with Crippen molar-refractivity contribution in [1.29, 1.82) is 0 Å². The fraction of sp³-hybridized carbons (Fsp3) is 0.185. The van der Waals surface area contributed by atoms with Crippen LogP contribution in [0.1, 0.15) is 27.3 Å². The van der Waals surface area contributed by atoms with Crippen molar-refractivity contribution in [3.05, 3.63) is 108 Å². The van der Waals surface area contributed by atoms with Crippen LogP contribution in [0.25, 0.3) is 10.9 Å². The molecule has 1 N–H and O–H groups in total. The Hall–Kier alpha value is -3.86. The van der Waals surface area contributed by atoms with Crippen molar-refractivity contribution >= 4 is 16.8 Å². The minimum absolute atomic E-state index is 0.112. The number of nitrogens with one attached hydrogen (secondary N) is 1. The van der Waals surface area contributed by atoms with Crippen molar-refractivity contribution in [3.63, 3.8) is 0 Å². The van der Waals surface area contributed by atoms with Crippen molar-refractivity contribution in [3.8, 4) is 5.75 Å². The molecule has 0 radical (unpaired) electrons. The largest absolute Gasteiger partial charge is 0.489 e. The molecule has 0 spiro atoms. The molecule has 0 saturated heterocycles. The van der Waals surface area contributed by atoms with Gasteiger partial charge in [0.15, 0.2) is 0 Å². The number of aryl methyl sites for hydroxylation is 1. The molecule has 0 bridgehead atoms. The maximum atomic E-state index is 13.2. The maximum absolute atomic E-state index is 13.2. The number of carbonyl (C=O) groups excluding carboxylic acids is 1. The molecule has 2 heterocycles. The molecule has 5 heteroatoms. The van der Waals surface area contributed by atoms with Crippen LogP contribution in [0.4, 0.5) is 0 Å². The van der Waals surface area contributed by atoms with Gasteiger partial charge in [-0.3, -0.25) is 9.78 Å². The number of hydrogen-bond donors (Lipinski definition) is 1. The molecule has 0 unspecified atom stereocenters. The van der Waals surface area contributed by atoms with Gasteiger partial charge in [0.05, 0.1) is 5.52 Å². The van der Waals surface area contributed by atoms with Crippen LogP contribution >= 0.6 is 0 Å². The molecule has 32 heavy (non-hydrogen) atoms. The lowest BCUT2D eigenvalue weighted by Gasteiger charge is -2.12. The summed E-state index contributed by atoms with van der Waals surface area (Å²) in [5.41, 5.74) is 4.86. The lowest BCUT2D eigenvalue weighted by Crippen LogP contribution is -2.28. The monoisotopic (exact) mass is 425 g/mol. The number of amides is 1. The number of ether oxygens (including phenoxy) is 1. The first-order valence-corrected chi connectivity index (χ1v) is 10.8. The summed E-state index contributed by atoms with van der Waals surface area (Å²) in [7, 11) is 0. The normalized spacial score (nSPS) is 10.8. The molecule has 162 valence electrons. The SMILES string of the molecule is C=CCOc1cccc2c1cc(C(=O)NCCc1ccccn1)n2Cc1ccc(C)cc1. The van der Waals surface area contributed by atoms with Crippen LogP contribution in [0.2, 0.25) is 0 Å². The Morgan fingerprint density at radius 2 is 1.97 bits per heavy atom. The van der Waals surface area contributed by atoms with Crippen LogP contribution in [0.5, 0.6) is 5.75 Å². The van der Waals surface area contributed by atoms with Crippen LogP contribution in [0.3, 0.4) is 0 Å². The summed E-state index contributed by atoms with van der Waals surface area (Å²) in [4.78, 5) is 17.5. The molecular formula is C27H27N3O2. The minimum atomic E-state index is -0.112. The molecule has 0 aliphatic heterocycles. The van der Waals surface area contributed by atoms with Crippen molar-refractivity contribution in [1.82, 2.24) is 14.9 Å². The van der Waals surface area contributed by atoms with Crippen molar-refractivity contribution in [2.24, 2.45) is 0 Å². The van der Waals surface area contributed by atoms with Crippen LogP contribution < -0.4 is 10.1 Å². The zero-order chi connectivity index (χ0) is 22.3. The number of pyridine rings is 1. The van der Waals surface area contributed by atoms with Gasteiger partial charge in [-0.1, -0.05) is 54.6 Å². The van der Waals surface area contributed by atoms with Gasteiger partial charge in [-0.25, -0.2) is 0 Å². The van der Waals surface area contributed by atoms with Gasteiger partial charge in [0.1, 0.15) is 18.1 Å². The minimum Gasteiger partial charge on any atom is -0.489 e. The molecule has 0 aliphatic rings. The maximum Gasteiger partial charge on any atom is 0.267 e. The van der Waals surface area contributed by atoms with Crippen molar-refractivity contribution in [2.45, 2.75) is 19.9 Å². The average molecular weight is 426 g/mol. The second-order valence-electron chi connectivity index (χ2n) is 7.72. The Morgan fingerprint density at radius 1 is 1.12 bits per heavy atom. The fourth-order valence-corrected chi connectivity index (χ4v) is 3.71. The van der Waals surface area contributed by atoms with Gasteiger partial charge in [-0.05, 0) is 42.8 Å². The van der Waals surface area contributed by atoms with E-state index in [0.29, 0.717) is 31.8 Å². The summed E-state index contributed by atoms with van der Waals surface area (Å²) < 4.78 is 7.90. The standard InChI is InChI=1S/C27H27N3O2/c1-3-17-32-26-9-6-8-24-23(26)18-25(30(24)19-21-12-10-20(2)11-13-21)27(31)29-16-14-22-7-4-5-15-28-22/h3-13,15,18H,1,14,16-17,19H2,2H3,(H,29,31). The van der Waals surface area contributed by atoms with E-state index in [4.69, 9.17) is 4.74 Å². The topological polar surface area (TPSA) is 56.1 Å². The Labute approximate surface area is 188 Å². The van der Waals surface area contributed by atoms with E-state index in [-0.39, 0.29) is 5.91 Å². The summed E-state index contributed by atoms with van der Waals surface area (Å²) >= 11 is 0. The number of aromatic nitrogens is 2. The van der Waals surface area contributed by atoms with Crippen molar-refractivity contribution in [2.75, 3.05) is 13.2 Å². The van der Waals surface area contributed by atoms with Crippen LogP contribution in [-0.4, -0.2) is 28.6 Å².